The number of carbonyl (C=O) groups excluding carboxylic acids is 1. The molecule has 27 heavy (non-hydrogen) atoms. The van der Waals surface area contributed by atoms with Crippen LogP contribution in [0, 0.1) is 5.92 Å². The third-order valence-electron chi connectivity index (χ3n) is 5.09. The molecule has 7 heteroatoms. The first-order chi connectivity index (χ1) is 12.6. The Bertz CT molecular complexity index is 599. The van der Waals surface area contributed by atoms with Crippen LogP contribution in [-0.2, 0) is 9.53 Å². The largest absolute Gasteiger partial charge is 0.497 e. The number of carbonyl (C=O) groups is 1. The Morgan fingerprint density at radius 2 is 1.89 bits per heavy atom. The van der Waals surface area contributed by atoms with Gasteiger partial charge in [0, 0.05) is 26.7 Å². The second-order valence-electron chi connectivity index (χ2n) is 6.72. The van der Waals surface area contributed by atoms with Gasteiger partial charge in [0.05, 0.1) is 20.1 Å². The van der Waals surface area contributed by atoms with Gasteiger partial charge in [-0.1, -0.05) is 19.1 Å². The molecule has 1 saturated heterocycles. The number of likely N-dealkylation sites (tertiary alicyclic amines) is 1. The first-order valence-electron chi connectivity index (χ1n) is 9.26. The SMILES string of the molecule is CN=C(NCCC(C)c1ccc(OC)cc1)N1CCC(C(=O)OC)CC1.I. The zero-order chi connectivity index (χ0) is 18.9. The van der Waals surface area contributed by atoms with Crippen molar-refractivity contribution in [3.63, 3.8) is 0 Å². The van der Waals surface area contributed by atoms with E-state index in [1.165, 1.54) is 12.7 Å². The molecule has 2 rings (SSSR count). The van der Waals surface area contributed by atoms with Crippen LogP contribution < -0.4 is 10.1 Å². The van der Waals surface area contributed by atoms with Gasteiger partial charge < -0.3 is 19.7 Å². The van der Waals surface area contributed by atoms with Crippen molar-refractivity contribution >= 4 is 35.9 Å². The van der Waals surface area contributed by atoms with Gasteiger partial charge in [0.25, 0.3) is 0 Å². The standard InChI is InChI=1S/C20H31N3O3.HI/c1-15(16-5-7-18(25-3)8-6-16)9-12-22-20(21-2)23-13-10-17(11-14-23)19(24)26-4;/h5-8,15,17H,9-14H2,1-4H3,(H,21,22);1H. The van der Waals surface area contributed by atoms with E-state index in [0.29, 0.717) is 5.92 Å². The van der Waals surface area contributed by atoms with Gasteiger partial charge in [-0.3, -0.25) is 9.79 Å². The molecule has 1 heterocycles. The van der Waals surface area contributed by atoms with Crippen LogP contribution in [0.25, 0.3) is 0 Å². The minimum atomic E-state index is -0.0964. The van der Waals surface area contributed by atoms with E-state index in [2.05, 4.69) is 34.3 Å². The first-order valence-corrected chi connectivity index (χ1v) is 9.26. The number of aliphatic imine (C=N–C) groups is 1. The smallest absolute Gasteiger partial charge is 0.308 e. The van der Waals surface area contributed by atoms with Crippen LogP contribution in [0.5, 0.6) is 5.75 Å². The number of ether oxygens (including phenoxy) is 2. The van der Waals surface area contributed by atoms with Gasteiger partial charge in [-0.25, -0.2) is 0 Å². The number of nitrogens with zero attached hydrogens (tertiary/aromatic N) is 2. The van der Waals surface area contributed by atoms with Crippen LogP contribution in [0.2, 0.25) is 0 Å². The zero-order valence-corrected chi connectivity index (χ0v) is 19.1. The molecule has 1 aliphatic heterocycles. The lowest BCUT2D eigenvalue weighted by atomic mass is 9.97. The zero-order valence-electron chi connectivity index (χ0n) is 16.7. The molecular formula is C20H32IN3O3. The lowest BCUT2D eigenvalue weighted by Gasteiger charge is -2.33. The van der Waals surface area contributed by atoms with E-state index in [1.54, 1.807) is 7.11 Å². The van der Waals surface area contributed by atoms with Gasteiger partial charge in [-0.05, 0) is 42.9 Å². The third-order valence-corrected chi connectivity index (χ3v) is 5.09. The highest BCUT2D eigenvalue weighted by molar-refractivity contribution is 14.0. The predicted octanol–water partition coefficient (Wildman–Crippen LogP) is 3.27. The number of rotatable bonds is 6. The minimum Gasteiger partial charge on any atom is -0.497 e. The van der Waals surface area contributed by atoms with Crippen LogP contribution in [-0.4, -0.2) is 57.7 Å². The summed E-state index contributed by atoms with van der Waals surface area (Å²) in [6.07, 6.45) is 2.65. The molecule has 1 atom stereocenters. The fraction of sp³-hybridized carbons (Fsp3) is 0.600. The van der Waals surface area contributed by atoms with Crippen molar-refractivity contribution in [3.05, 3.63) is 29.8 Å². The van der Waals surface area contributed by atoms with Gasteiger partial charge in [0.1, 0.15) is 5.75 Å². The van der Waals surface area contributed by atoms with E-state index in [-0.39, 0.29) is 35.9 Å². The van der Waals surface area contributed by atoms with Gasteiger partial charge in [0.15, 0.2) is 5.96 Å². The van der Waals surface area contributed by atoms with Crippen molar-refractivity contribution in [2.75, 3.05) is 40.9 Å². The Balaban J connectivity index is 0.00000364. The summed E-state index contributed by atoms with van der Waals surface area (Å²) in [4.78, 5) is 18.3. The summed E-state index contributed by atoms with van der Waals surface area (Å²) < 4.78 is 10.1. The van der Waals surface area contributed by atoms with Gasteiger partial charge in [-0.15, -0.1) is 24.0 Å². The highest BCUT2D eigenvalue weighted by Gasteiger charge is 2.26. The Labute approximate surface area is 179 Å². The monoisotopic (exact) mass is 489 g/mol. The van der Waals surface area contributed by atoms with Gasteiger partial charge >= 0.3 is 5.97 Å². The average Bonchev–Trinajstić information content (AvgIpc) is 2.70. The van der Waals surface area contributed by atoms with E-state index < -0.39 is 0 Å². The van der Waals surface area contributed by atoms with E-state index in [0.717, 1.165) is 50.6 Å². The lowest BCUT2D eigenvalue weighted by molar-refractivity contribution is -0.146. The van der Waals surface area contributed by atoms with Crippen molar-refractivity contribution in [1.82, 2.24) is 10.2 Å². The van der Waals surface area contributed by atoms with Crippen molar-refractivity contribution < 1.29 is 14.3 Å². The number of piperidine rings is 1. The van der Waals surface area contributed by atoms with Crippen LogP contribution in [0.1, 0.15) is 37.7 Å². The quantitative estimate of drug-likeness (QED) is 0.288. The molecule has 6 nitrogen and oxygen atoms in total. The number of benzene rings is 1. The number of guanidine groups is 1. The molecule has 1 aliphatic rings. The van der Waals surface area contributed by atoms with Gasteiger partial charge in [0.2, 0.25) is 0 Å². The van der Waals surface area contributed by atoms with Crippen molar-refractivity contribution in [1.29, 1.82) is 0 Å². The summed E-state index contributed by atoms with van der Waals surface area (Å²) >= 11 is 0. The summed E-state index contributed by atoms with van der Waals surface area (Å²) in [5.41, 5.74) is 1.31. The lowest BCUT2D eigenvalue weighted by Crippen LogP contribution is -2.47. The minimum absolute atomic E-state index is 0. The number of halogens is 1. The predicted molar refractivity (Wildman–Crippen MR) is 119 cm³/mol. The molecular weight excluding hydrogens is 457 g/mol. The summed E-state index contributed by atoms with van der Waals surface area (Å²) in [6.45, 7) is 4.74. The Morgan fingerprint density at radius 3 is 2.41 bits per heavy atom. The Morgan fingerprint density at radius 1 is 1.26 bits per heavy atom. The Hall–Kier alpha value is -1.51. The van der Waals surface area contributed by atoms with E-state index in [1.807, 2.05) is 19.2 Å². The van der Waals surface area contributed by atoms with Crippen LogP contribution in [0.3, 0.4) is 0 Å². The summed E-state index contributed by atoms with van der Waals surface area (Å²) in [5, 5.41) is 3.46. The second kappa shape index (κ2) is 12.0. The molecule has 1 fully saturated rings. The maximum atomic E-state index is 11.6. The summed E-state index contributed by atoms with van der Waals surface area (Å²) in [5.74, 6) is 2.17. The number of hydrogen-bond donors (Lipinski definition) is 1. The molecule has 0 bridgehead atoms. The number of esters is 1. The molecule has 1 aromatic rings. The van der Waals surface area contributed by atoms with Crippen molar-refractivity contribution in [2.24, 2.45) is 10.9 Å². The number of hydrogen-bond acceptors (Lipinski definition) is 4. The van der Waals surface area contributed by atoms with E-state index in [4.69, 9.17) is 9.47 Å². The number of methoxy groups -OCH3 is 2. The van der Waals surface area contributed by atoms with Crippen molar-refractivity contribution in [2.45, 2.75) is 32.1 Å². The molecule has 1 unspecified atom stereocenters. The molecule has 0 amide bonds. The van der Waals surface area contributed by atoms with Crippen LogP contribution in [0.4, 0.5) is 0 Å². The maximum Gasteiger partial charge on any atom is 0.308 e. The maximum absolute atomic E-state index is 11.6. The molecule has 0 aliphatic carbocycles. The normalized spacial score (nSPS) is 16.3. The fourth-order valence-electron chi connectivity index (χ4n) is 3.33. The number of nitrogens with one attached hydrogen (secondary N) is 1. The molecule has 0 spiro atoms. The summed E-state index contributed by atoms with van der Waals surface area (Å²) in [7, 11) is 4.95. The molecule has 152 valence electrons. The summed E-state index contributed by atoms with van der Waals surface area (Å²) in [6, 6.07) is 8.25. The fourth-order valence-corrected chi connectivity index (χ4v) is 3.33. The molecule has 1 N–H and O–H groups in total. The van der Waals surface area contributed by atoms with E-state index in [9.17, 15) is 4.79 Å². The van der Waals surface area contributed by atoms with Crippen LogP contribution >= 0.6 is 24.0 Å². The third kappa shape index (κ3) is 6.86. The molecule has 1 aromatic carbocycles. The van der Waals surface area contributed by atoms with Gasteiger partial charge in [-0.2, -0.15) is 0 Å². The first kappa shape index (κ1) is 23.5. The van der Waals surface area contributed by atoms with E-state index >= 15 is 0 Å². The van der Waals surface area contributed by atoms with Crippen molar-refractivity contribution in [3.8, 4) is 5.75 Å². The average molecular weight is 489 g/mol. The molecule has 0 radical (unpaired) electrons. The Kier molecular flexibility index (Phi) is 10.5. The molecule has 0 saturated carbocycles. The topological polar surface area (TPSA) is 63.2 Å². The van der Waals surface area contributed by atoms with Crippen LogP contribution in [0.15, 0.2) is 29.3 Å². The highest BCUT2D eigenvalue weighted by atomic mass is 127. The molecule has 0 aromatic heterocycles. The second-order valence-corrected chi connectivity index (χ2v) is 6.72. The highest BCUT2D eigenvalue weighted by Crippen LogP contribution is 2.22.